The number of alkyl halides is 1. The zero-order chi connectivity index (χ0) is 14.8. The molecule has 20 heavy (non-hydrogen) atoms. The molecule has 0 spiro atoms. The van der Waals surface area contributed by atoms with E-state index in [4.69, 9.17) is 15.3 Å². The molecule has 0 aromatic heterocycles. The molecule has 1 aliphatic rings. The van der Waals surface area contributed by atoms with E-state index in [1.807, 2.05) is 0 Å². The molecule has 1 unspecified atom stereocenters. The van der Waals surface area contributed by atoms with Gasteiger partial charge in [-0.25, -0.2) is 8.78 Å². The minimum absolute atomic E-state index is 0.0179. The van der Waals surface area contributed by atoms with Crippen LogP contribution >= 0.6 is 0 Å². The second-order valence-electron chi connectivity index (χ2n) is 4.03. The topological polar surface area (TPSA) is 56.8 Å². The van der Waals surface area contributed by atoms with Gasteiger partial charge in [-0.2, -0.15) is 14.9 Å². The maximum absolute atomic E-state index is 14.5. The number of nitrogens with zero attached hydrogens (tertiary/aromatic N) is 2. The van der Waals surface area contributed by atoms with Crippen molar-refractivity contribution in [2.75, 3.05) is 0 Å². The number of halogens is 3. The Morgan fingerprint density at radius 2 is 1.75 bits per heavy atom. The lowest BCUT2D eigenvalue weighted by atomic mass is 9.93. The molecule has 6 heteroatoms. The second-order valence-corrected chi connectivity index (χ2v) is 4.03. The largest absolute Gasteiger partial charge is 0.451 e. The van der Waals surface area contributed by atoms with Crippen LogP contribution in [0.1, 0.15) is 6.42 Å². The number of nitriles is 2. The molecule has 0 saturated carbocycles. The van der Waals surface area contributed by atoms with Crippen LogP contribution in [0, 0.1) is 22.7 Å². The Kier molecular flexibility index (Phi) is 3.49. The van der Waals surface area contributed by atoms with Crippen molar-refractivity contribution in [1.29, 1.82) is 10.5 Å². The van der Waals surface area contributed by atoms with E-state index in [-0.39, 0.29) is 5.75 Å². The van der Waals surface area contributed by atoms with Crippen molar-refractivity contribution in [2.45, 2.75) is 12.3 Å². The molecule has 0 radical (unpaired) electrons. The summed E-state index contributed by atoms with van der Waals surface area (Å²) >= 11 is 0. The Labute approximate surface area is 112 Å². The predicted molar refractivity (Wildman–Crippen MR) is 63.0 cm³/mol. The smallest absolute Gasteiger partial charge is 0.307 e. The Bertz CT molecular complexity index is 683. The fourth-order valence-corrected chi connectivity index (χ4v) is 1.77. The Balaban J connectivity index is 2.43. The molecular weight excluding hydrogens is 269 g/mol. The molecule has 2 rings (SSSR count). The molecule has 3 nitrogen and oxygen atoms in total. The van der Waals surface area contributed by atoms with E-state index < -0.39 is 35.1 Å². The molecule has 0 aliphatic heterocycles. The van der Waals surface area contributed by atoms with Crippen LogP contribution in [-0.2, 0) is 0 Å². The normalized spacial score (nSPS) is 22.2. The molecule has 0 heterocycles. The van der Waals surface area contributed by atoms with E-state index in [1.165, 1.54) is 36.4 Å². The zero-order valence-electron chi connectivity index (χ0n) is 10.0. The van der Waals surface area contributed by atoms with Crippen molar-refractivity contribution in [1.82, 2.24) is 0 Å². The van der Waals surface area contributed by atoms with Gasteiger partial charge in [-0.3, -0.25) is 0 Å². The van der Waals surface area contributed by atoms with Crippen molar-refractivity contribution >= 4 is 0 Å². The number of hydrogen-bond donors (Lipinski definition) is 0. The fourth-order valence-electron chi connectivity index (χ4n) is 1.77. The van der Waals surface area contributed by atoms with Crippen molar-refractivity contribution in [3.8, 4) is 17.9 Å². The first-order valence-electron chi connectivity index (χ1n) is 5.54. The van der Waals surface area contributed by atoms with E-state index in [0.717, 1.165) is 0 Å². The third-order valence-corrected chi connectivity index (χ3v) is 2.72. The van der Waals surface area contributed by atoms with Gasteiger partial charge in [-0.1, -0.05) is 18.2 Å². The van der Waals surface area contributed by atoms with Crippen LogP contribution in [0.4, 0.5) is 13.2 Å². The van der Waals surface area contributed by atoms with Crippen LogP contribution in [0.5, 0.6) is 5.75 Å². The van der Waals surface area contributed by atoms with Crippen molar-refractivity contribution in [2.24, 2.45) is 0 Å². The van der Waals surface area contributed by atoms with Gasteiger partial charge in [0.15, 0.2) is 5.83 Å². The van der Waals surface area contributed by atoms with Crippen LogP contribution in [0.25, 0.3) is 0 Å². The summed E-state index contributed by atoms with van der Waals surface area (Å²) < 4.78 is 46.7. The first kappa shape index (κ1) is 13.7. The number of hydrogen-bond acceptors (Lipinski definition) is 3. The number of para-hydroxylation sites is 1. The Morgan fingerprint density at radius 1 is 1.10 bits per heavy atom. The van der Waals surface area contributed by atoms with Crippen LogP contribution in [0.2, 0.25) is 0 Å². The third-order valence-electron chi connectivity index (χ3n) is 2.72. The molecule has 0 fully saturated rings. The van der Waals surface area contributed by atoms with Crippen molar-refractivity contribution in [3.63, 3.8) is 0 Å². The van der Waals surface area contributed by atoms with Gasteiger partial charge >= 0.3 is 5.85 Å². The van der Waals surface area contributed by atoms with Gasteiger partial charge in [0, 0.05) is 0 Å². The van der Waals surface area contributed by atoms with Crippen LogP contribution < -0.4 is 4.74 Å². The Hall–Kier alpha value is -2.73. The predicted octanol–water partition coefficient (Wildman–Crippen LogP) is 3.63. The summed E-state index contributed by atoms with van der Waals surface area (Å²) in [6, 6.07) is 10.3. The summed E-state index contributed by atoms with van der Waals surface area (Å²) in [7, 11) is 0. The molecule has 1 atom stereocenters. The van der Waals surface area contributed by atoms with E-state index >= 15 is 0 Å². The highest BCUT2D eigenvalue weighted by Gasteiger charge is 2.46. The average molecular weight is 276 g/mol. The van der Waals surface area contributed by atoms with Crippen molar-refractivity contribution in [3.05, 3.63) is 53.1 Å². The molecule has 100 valence electrons. The maximum Gasteiger partial charge on any atom is 0.307 e. The molecule has 0 N–H and O–H groups in total. The third kappa shape index (κ3) is 2.24. The van der Waals surface area contributed by atoms with Gasteiger partial charge < -0.3 is 4.74 Å². The van der Waals surface area contributed by atoms with E-state index in [0.29, 0.717) is 0 Å². The van der Waals surface area contributed by atoms with Crippen LogP contribution in [0.3, 0.4) is 0 Å². The highest BCUT2D eigenvalue weighted by atomic mass is 19.2. The summed E-state index contributed by atoms with van der Waals surface area (Å²) in [5.41, 5.74) is -1.29. The minimum Gasteiger partial charge on any atom is -0.451 e. The summed E-state index contributed by atoms with van der Waals surface area (Å²) in [6.07, 6.45) is -0.861. The second kappa shape index (κ2) is 5.10. The molecule has 0 bridgehead atoms. The van der Waals surface area contributed by atoms with Gasteiger partial charge in [0.25, 0.3) is 0 Å². The van der Waals surface area contributed by atoms with E-state index in [1.54, 1.807) is 6.07 Å². The molecule has 0 amide bonds. The molecule has 1 aromatic carbocycles. The van der Waals surface area contributed by atoms with Gasteiger partial charge in [0.05, 0.1) is 18.1 Å². The standard InChI is InChI=1S/C14H7F3N2O/c15-12-11(8-19)9(7-18)6-14(17,13(12)16)20-10-4-2-1-3-5-10/h1-5H,6H2. The highest BCUT2D eigenvalue weighted by Crippen LogP contribution is 2.42. The van der Waals surface area contributed by atoms with Gasteiger partial charge in [0.2, 0.25) is 5.83 Å². The highest BCUT2D eigenvalue weighted by molar-refractivity contribution is 5.53. The van der Waals surface area contributed by atoms with E-state index in [9.17, 15) is 13.2 Å². The van der Waals surface area contributed by atoms with Crippen LogP contribution in [-0.4, -0.2) is 5.85 Å². The van der Waals surface area contributed by atoms with Crippen LogP contribution in [0.15, 0.2) is 53.1 Å². The summed E-state index contributed by atoms with van der Waals surface area (Å²) in [4.78, 5) is 0. The maximum atomic E-state index is 14.5. The number of rotatable bonds is 2. The van der Waals surface area contributed by atoms with Gasteiger partial charge in [-0.05, 0) is 12.1 Å². The summed E-state index contributed by atoms with van der Waals surface area (Å²) in [5, 5.41) is 17.5. The number of allylic oxidation sites excluding steroid dienone is 2. The first-order valence-corrected chi connectivity index (χ1v) is 5.54. The fraction of sp³-hybridized carbons (Fsp3) is 0.143. The lowest BCUT2D eigenvalue weighted by Gasteiger charge is -2.28. The monoisotopic (exact) mass is 276 g/mol. The molecule has 0 saturated heterocycles. The lowest BCUT2D eigenvalue weighted by molar-refractivity contribution is -0.0480. The van der Waals surface area contributed by atoms with E-state index in [2.05, 4.69) is 0 Å². The molecular formula is C14H7F3N2O. The Morgan fingerprint density at radius 3 is 2.30 bits per heavy atom. The number of benzene rings is 1. The number of ether oxygens (including phenoxy) is 1. The zero-order valence-corrected chi connectivity index (χ0v) is 10.0. The van der Waals surface area contributed by atoms with Gasteiger partial charge in [-0.15, -0.1) is 0 Å². The molecule has 1 aliphatic carbocycles. The quantitative estimate of drug-likeness (QED) is 0.828. The van der Waals surface area contributed by atoms with Gasteiger partial charge in [0.1, 0.15) is 17.4 Å². The SMILES string of the molecule is N#CC1=C(C#N)C(F)=C(F)C(F)(Oc2ccccc2)C1. The molecule has 1 aromatic rings. The lowest BCUT2D eigenvalue weighted by Crippen LogP contribution is -2.35. The summed E-state index contributed by atoms with van der Waals surface area (Å²) in [6.45, 7) is 0. The minimum atomic E-state index is -3.13. The first-order chi connectivity index (χ1) is 9.51. The summed E-state index contributed by atoms with van der Waals surface area (Å²) in [5.74, 6) is -6.68. The van der Waals surface area contributed by atoms with Crippen molar-refractivity contribution < 1.29 is 17.9 Å². The average Bonchev–Trinajstić information content (AvgIpc) is 2.45.